The minimum atomic E-state index is -0.666. The third-order valence-electron chi connectivity index (χ3n) is 3.38. The molecule has 0 spiro atoms. The van der Waals surface area contributed by atoms with Gasteiger partial charge in [-0.05, 0) is 25.5 Å². The Kier molecular flexibility index (Phi) is 4.62. The quantitative estimate of drug-likeness (QED) is 0.828. The molecule has 1 aromatic heterocycles. The fourth-order valence-corrected chi connectivity index (χ4v) is 2.48. The van der Waals surface area contributed by atoms with Crippen LogP contribution in [0.3, 0.4) is 0 Å². The second-order valence-electron chi connectivity index (χ2n) is 4.98. The smallest absolute Gasteiger partial charge is 0.328 e. The molecule has 0 fully saturated rings. The number of aryl methyl sites for hydroxylation is 1. The van der Waals surface area contributed by atoms with E-state index in [0.29, 0.717) is 13.0 Å². The molecule has 1 heterocycles. The molecule has 1 atom stereocenters. The predicted octanol–water partition coefficient (Wildman–Crippen LogP) is 2.09. The molecule has 0 aliphatic carbocycles. The number of para-hydroxylation sites is 1. The van der Waals surface area contributed by atoms with Crippen molar-refractivity contribution in [3.63, 3.8) is 0 Å². The van der Waals surface area contributed by atoms with Gasteiger partial charge in [0.15, 0.2) is 0 Å². The van der Waals surface area contributed by atoms with Crippen molar-refractivity contribution in [2.75, 3.05) is 6.61 Å². The molecule has 0 aliphatic rings. The highest BCUT2D eigenvalue weighted by molar-refractivity contribution is 5.87. The maximum atomic E-state index is 12.0. The van der Waals surface area contributed by atoms with E-state index in [2.05, 4.69) is 10.3 Å². The maximum absolute atomic E-state index is 12.0. The number of H-pyrrole nitrogens is 1. The number of hydrogen-bond acceptors (Lipinski definition) is 3. The Morgan fingerprint density at radius 3 is 2.71 bits per heavy atom. The summed E-state index contributed by atoms with van der Waals surface area (Å²) in [6, 6.07) is 7.24. The summed E-state index contributed by atoms with van der Waals surface area (Å²) in [7, 11) is 0. The van der Waals surface area contributed by atoms with Gasteiger partial charge in [-0.25, -0.2) is 4.79 Å². The number of ether oxygens (including phenoxy) is 1. The summed E-state index contributed by atoms with van der Waals surface area (Å²) in [5, 5.41) is 3.73. The van der Waals surface area contributed by atoms with Crippen molar-refractivity contribution in [3.8, 4) is 0 Å². The van der Waals surface area contributed by atoms with Crippen LogP contribution in [0.1, 0.15) is 25.1 Å². The molecule has 1 unspecified atom stereocenters. The molecule has 2 N–H and O–H groups in total. The monoisotopic (exact) mass is 288 g/mol. The van der Waals surface area contributed by atoms with Gasteiger partial charge in [0.2, 0.25) is 5.91 Å². The summed E-state index contributed by atoms with van der Waals surface area (Å²) in [5.74, 6) is -0.650. The lowest BCUT2D eigenvalue weighted by Gasteiger charge is -2.16. The molecular weight excluding hydrogens is 268 g/mol. The van der Waals surface area contributed by atoms with Crippen molar-refractivity contribution in [2.24, 2.45) is 0 Å². The van der Waals surface area contributed by atoms with Gasteiger partial charge >= 0.3 is 5.97 Å². The molecule has 0 aliphatic heterocycles. The number of fused-ring (bicyclic) bond motifs is 1. The highest BCUT2D eigenvalue weighted by atomic mass is 16.5. The average Bonchev–Trinajstić information content (AvgIpc) is 2.74. The lowest BCUT2D eigenvalue weighted by molar-refractivity contribution is -0.147. The largest absolute Gasteiger partial charge is 0.464 e. The van der Waals surface area contributed by atoms with E-state index in [-0.39, 0.29) is 5.91 Å². The zero-order valence-corrected chi connectivity index (χ0v) is 12.5. The average molecular weight is 288 g/mol. The zero-order chi connectivity index (χ0) is 15.4. The van der Waals surface area contributed by atoms with Crippen molar-refractivity contribution in [1.29, 1.82) is 0 Å². The number of rotatable bonds is 5. The van der Waals surface area contributed by atoms with Gasteiger partial charge in [0.1, 0.15) is 6.04 Å². The van der Waals surface area contributed by atoms with Gasteiger partial charge in [0.05, 0.1) is 6.61 Å². The lowest BCUT2D eigenvalue weighted by atomic mass is 10.0. The van der Waals surface area contributed by atoms with Crippen LogP contribution in [0.5, 0.6) is 0 Å². The molecule has 2 aromatic rings. The van der Waals surface area contributed by atoms with Crippen LogP contribution in [-0.4, -0.2) is 29.5 Å². The van der Waals surface area contributed by atoms with Crippen molar-refractivity contribution < 1.29 is 14.3 Å². The highest BCUT2D eigenvalue weighted by Crippen LogP contribution is 2.23. The van der Waals surface area contributed by atoms with Crippen LogP contribution in [0, 0.1) is 6.92 Å². The Hall–Kier alpha value is -2.30. The molecule has 0 radical (unpaired) electrons. The molecular formula is C16H20N2O3. The Morgan fingerprint density at radius 2 is 2.05 bits per heavy atom. The second-order valence-corrected chi connectivity index (χ2v) is 4.98. The predicted molar refractivity (Wildman–Crippen MR) is 81.0 cm³/mol. The highest BCUT2D eigenvalue weighted by Gasteiger charge is 2.23. The Balaban J connectivity index is 2.31. The van der Waals surface area contributed by atoms with E-state index < -0.39 is 12.0 Å². The van der Waals surface area contributed by atoms with E-state index in [4.69, 9.17) is 4.74 Å². The van der Waals surface area contributed by atoms with E-state index in [1.807, 2.05) is 31.2 Å². The molecule has 1 amide bonds. The minimum absolute atomic E-state index is 0.245. The van der Waals surface area contributed by atoms with Gasteiger partial charge in [-0.3, -0.25) is 4.79 Å². The van der Waals surface area contributed by atoms with Crippen LogP contribution in [0.15, 0.2) is 24.3 Å². The normalized spacial score (nSPS) is 12.1. The number of amides is 1. The molecule has 5 heteroatoms. The third-order valence-corrected chi connectivity index (χ3v) is 3.38. The van der Waals surface area contributed by atoms with E-state index >= 15 is 0 Å². The number of aromatic nitrogens is 1. The summed E-state index contributed by atoms with van der Waals surface area (Å²) in [6.07, 6.45) is 0.411. The maximum Gasteiger partial charge on any atom is 0.328 e. The number of benzene rings is 1. The first-order valence-corrected chi connectivity index (χ1v) is 7.02. The Morgan fingerprint density at radius 1 is 1.33 bits per heavy atom. The van der Waals surface area contributed by atoms with Gasteiger partial charge in [-0.2, -0.15) is 0 Å². The molecule has 2 rings (SSSR count). The van der Waals surface area contributed by atoms with Gasteiger partial charge in [0.25, 0.3) is 0 Å². The van der Waals surface area contributed by atoms with E-state index in [1.165, 1.54) is 6.92 Å². The molecule has 0 saturated carbocycles. The van der Waals surface area contributed by atoms with Crippen molar-refractivity contribution >= 4 is 22.8 Å². The van der Waals surface area contributed by atoms with Crippen molar-refractivity contribution in [3.05, 3.63) is 35.5 Å². The first-order chi connectivity index (χ1) is 10.0. The summed E-state index contributed by atoms with van der Waals surface area (Å²) in [6.45, 7) is 5.40. The molecule has 21 heavy (non-hydrogen) atoms. The van der Waals surface area contributed by atoms with Crippen LogP contribution in [0.25, 0.3) is 10.9 Å². The van der Waals surface area contributed by atoms with Gasteiger partial charge < -0.3 is 15.0 Å². The van der Waals surface area contributed by atoms with Crippen LogP contribution in [0.4, 0.5) is 0 Å². The number of carbonyl (C=O) groups is 2. The number of nitrogens with one attached hydrogen (secondary N) is 2. The summed E-state index contributed by atoms with van der Waals surface area (Å²) >= 11 is 0. The minimum Gasteiger partial charge on any atom is -0.464 e. The number of hydrogen-bond donors (Lipinski definition) is 2. The van der Waals surface area contributed by atoms with Crippen LogP contribution < -0.4 is 5.32 Å². The van der Waals surface area contributed by atoms with Crippen LogP contribution in [0.2, 0.25) is 0 Å². The summed E-state index contributed by atoms with van der Waals surface area (Å²) in [5.41, 5.74) is 3.05. The Labute approximate surface area is 123 Å². The molecule has 5 nitrogen and oxygen atoms in total. The van der Waals surface area contributed by atoms with Crippen molar-refractivity contribution in [1.82, 2.24) is 10.3 Å². The lowest BCUT2D eigenvalue weighted by Crippen LogP contribution is -2.42. The Bertz CT molecular complexity index is 661. The van der Waals surface area contributed by atoms with E-state index in [1.54, 1.807) is 6.92 Å². The second kappa shape index (κ2) is 6.43. The third kappa shape index (κ3) is 3.42. The summed E-state index contributed by atoms with van der Waals surface area (Å²) < 4.78 is 5.04. The number of aromatic amines is 1. The number of carbonyl (C=O) groups excluding carboxylic acids is 2. The first kappa shape index (κ1) is 15.1. The molecule has 0 bridgehead atoms. The van der Waals surface area contributed by atoms with E-state index in [9.17, 15) is 9.59 Å². The van der Waals surface area contributed by atoms with Gasteiger partial charge in [0, 0.05) is 29.9 Å². The summed E-state index contributed by atoms with van der Waals surface area (Å²) in [4.78, 5) is 26.6. The zero-order valence-electron chi connectivity index (χ0n) is 12.5. The molecule has 0 saturated heterocycles. The fraction of sp³-hybridized carbons (Fsp3) is 0.375. The van der Waals surface area contributed by atoms with Crippen molar-refractivity contribution in [2.45, 2.75) is 33.2 Å². The van der Waals surface area contributed by atoms with Gasteiger partial charge in [-0.1, -0.05) is 18.2 Å². The standard InChI is InChI=1S/C16H20N2O3/c1-4-21-16(20)15(18-11(3)19)9-13-10(2)17-14-8-6-5-7-12(13)14/h5-8,15,17H,4,9H2,1-3H3,(H,18,19). The topological polar surface area (TPSA) is 71.2 Å². The fourth-order valence-electron chi connectivity index (χ4n) is 2.48. The van der Waals surface area contributed by atoms with Gasteiger partial charge in [-0.15, -0.1) is 0 Å². The molecule has 1 aromatic carbocycles. The first-order valence-electron chi connectivity index (χ1n) is 7.02. The number of esters is 1. The molecule has 112 valence electrons. The SMILES string of the molecule is CCOC(=O)C(Cc1c(C)[nH]c2ccccc12)NC(C)=O. The van der Waals surface area contributed by atoms with Crippen LogP contribution >= 0.6 is 0 Å². The van der Waals surface area contributed by atoms with Crippen LogP contribution in [-0.2, 0) is 20.7 Å². The van der Waals surface area contributed by atoms with E-state index in [0.717, 1.165) is 22.2 Å².